The first-order chi connectivity index (χ1) is 13.4. The molecule has 1 aliphatic rings. The zero-order chi connectivity index (χ0) is 19.9. The molecular weight excluding hydrogens is 348 g/mol. The summed E-state index contributed by atoms with van der Waals surface area (Å²) < 4.78 is 6.21. The number of fused-ring (bicyclic) bond motifs is 2. The molecule has 2 N–H and O–H groups in total. The van der Waals surface area contributed by atoms with Gasteiger partial charge in [-0.1, -0.05) is 30.3 Å². The third kappa shape index (κ3) is 3.38. The number of benzene rings is 2. The summed E-state index contributed by atoms with van der Waals surface area (Å²) in [6.07, 6.45) is 2.16. The first-order valence-corrected chi connectivity index (χ1v) is 9.91. The molecule has 1 aliphatic heterocycles. The first kappa shape index (κ1) is 18.9. The highest BCUT2D eigenvalue weighted by Crippen LogP contribution is 2.42. The summed E-state index contributed by atoms with van der Waals surface area (Å²) in [6.45, 7) is 8.85. The Morgan fingerprint density at radius 2 is 1.89 bits per heavy atom. The lowest BCUT2D eigenvalue weighted by atomic mass is 9.85. The Labute approximate surface area is 166 Å². The molecule has 0 saturated carbocycles. The Balaban J connectivity index is 1.68. The van der Waals surface area contributed by atoms with Gasteiger partial charge in [0.05, 0.1) is 11.6 Å². The Bertz CT molecular complexity index is 998. The average molecular weight is 377 g/mol. The van der Waals surface area contributed by atoms with Crippen molar-refractivity contribution >= 4 is 10.9 Å². The maximum Gasteiger partial charge on any atom is 0.131 e. The molecule has 0 saturated heterocycles. The van der Waals surface area contributed by atoms with Gasteiger partial charge in [0.15, 0.2) is 0 Å². The molecule has 0 aliphatic carbocycles. The molecule has 0 amide bonds. The molecule has 146 valence electrons. The van der Waals surface area contributed by atoms with Gasteiger partial charge in [0.25, 0.3) is 0 Å². The molecule has 3 aromatic rings. The molecule has 28 heavy (non-hydrogen) atoms. The number of aryl methyl sites for hydroxylation is 2. The van der Waals surface area contributed by atoms with E-state index in [1.165, 1.54) is 16.7 Å². The van der Waals surface area contributed by atoms with Crippen molar-refractivity contribution < 1.29 is 9.84 Å². The fourth-order valence-electron chi connectivity index (χ4n) is 3.95. The van der Waals surface area contributed by atoms with Gasteiger partial charge in [-0.05, 0) is 69.5 Å². The molecule has 2 atom stereocenters. The minimum Gasteiger partial charge on any atom is -0.485 e. The number of aliphatic hydroxyl groups excluding tert-OH is 1. The van der Waals surface area contributed by atoms with E-state index in [4.69, 9.17) is 4.74 Å². The molecule has 0 fully saturated rings. The second kappa shape index (κ2) is 7.19. The van der Waals surface area contributed by atoms with Gasteiger partial charge in [-0.2, -0.15) is 0 Å². The summed E-state index contributed by atoms with van der Waals surface area (Å²) in [5, 5.41) is 15.7. The molecule has 4 heteroatoms. The molecular formula is C24H28N2O2. The van der Waals surface area contributed by atoms with Crippen LogP contribution >= 0.6 is 0 Å². The van der Waals surface area contributed by atoms with Gasteiger partial charge in [0.2, 0.25) is 0 Å². The Morgan fingerprint density at radius 1 is 1.14 bits per heavy atom. The van der Waals surface area contributed by atoms with Gasteiger partial charge in [0.1, 0.15) is 17.5 Å². The van der Waals surface area contributed by atoms with Crippen LogP contribution in [0.2, 0.25) is 0 Å². The summed E-state index contributed by atoms with van der Waals surface area (Å²) in [5.74, 6) is 0.829. The van der Waals surface area contributed by atoms with Crippen LogP contribution < -0.4 is 10.1 Å². The smallest absolute Gasteiger partial charge is 0.131 e. The van der Waals surface area contributed by atoms with Gasteiger partial charge >= 0.3 is 0 Å². The average Bonchev–Trinajstić information content (AvgIpc) is 2.68. The number of pyridine rings is 1. The third-order valence-electron chi connectivity index (χ3n) is 5.88. The van der Waals surface area contributed by atoms with Crippen molar-refractivity contribution in [3.8, 4) is 5.75 Å². The number of aliphatic hydroxyl groups is 1. The van der Waals surface area contributed by atoms with E-state index < -0.39 is 11.7 Å². The Morgan fingerprint density at radius 3 is 2.64 bits per heavy atom. The van der Waals surface area contributed by atoms with E-state index in [-0.39, 0.29) is 6.04 Å². The molecule has 0 radical (unpaired) electrons. The van der Waals surface area contributed by atoms with E-state index in [2.05, 4.69) is 60.5 Å². The Hall–Kier alpha value is -2.43. The summed E-state index contributed by atoms with van der Waals surface area (Å²) in [6, 6.07) is 14.3. The lowest BCUT2D eigenvalue weighted by Crippen LogP contribution is -2.52. The highest BCUT2D eigenvalue weighted by Gasteiger charge is 2.42. The van der Waals surface area contributed by atoms with Crippen LogP contribution in [0.15, 0.2) is 48.7 Å². The maximum atomic E-state index is 11.0. The van der Waals surface area contributed by atoms with Crippen LogP contribution in [0.1, 0.15) is 42.1 Å². The van der Waals surface area contributed by atoms with Gasteiger partial charge in [-0.15, -0.1) is 0 Å². The van der Waals surface area contributed by atoms with E-state index in [1.807, 2.05) is 26.1 Å². The van der Waals surface area contributed by atoms with Gasteiger partial charge in [-0.3, -0.25) is 4.98 Å². The van der Waals surface area contributed by atoms with E-state index >= 15 is 0 Å². The fourth-order valence-corrected chi connectivity index (χ4v) is 3.95. The number of nitrogens with one attached hydrogen (secondary N) is 1. The largest absolute Gasteiger partial charge is 0.485 e. The number of rotatable bonds is 4. The lowest BCUT2D eigenvalue weighted by Gasteiger charge is -2.42. The van der Waals surface area contributed by atoms with E-state index in [0.29, 0.717) is 0 Å². The SMILES string of the molecule is Cc1cnc2cc3c(cc2c1C)OC(C)(C)[C@H](O)[C@H]3NCCc1ccccc1. The van der Waals surface area contributed by atoms with Crippen molar-refractivity contribution in [2.24, 2.45) is 0 Å². The molecule has 2 aromatic carbocycles. The highest BCUT2D eigenvalue weighted by molar-refractivity contribution is 5.85. The minimum atomic E-state index is -0.670. The van der Waals surface area contributed by atoms with Crippen LogP contribution in [0.3, 0.4) is 0 Å². The standard InChI is InChI=1S/C24H28N2O2/c1-15-14-26-20-12-19-21(13-18(20)16(15)2)28-24(3,4)23(27)22(19)25-11-10-17-8-6-5-7-9-17/h5-9,12-14,22-23,25,27H,10-11H2,1-4H3/t22-,23+/m0/s1. The zero-order valence-electron chi connectivity index (χ0n) is 17.0. The molecule has 2 heterocycles. The van der Waals surface area contributed by atoms with Crippen molar-refractivity contribution in [3.05, 3.63) is 70.9 Å². The van der Waals surface area contributed by atoms with Crippen molar-refractivity contribution in [1.29, 1.82) is 0 Å². The van der Waals surface area contributed by atoms with Gasteiger partial charge in [0, 0.05) is 17.1 Å². The van der Waals surface area contributed by atoms with E-state index in [1.54, 1.807) is 0 Å². The lowest BCUT2D eigenvalue weighted by molar-refractivity contribution is -0.0642. The molecule has 4 nitrogen and oxygen atoms in total. The van der Waals surface area contributed by atoms with Crippen LogP contribution in [-0.4, -0.2) is 28.3 Å². The van der Waals surface area contributed by atoms with Crippen molar-refractivity contribution in [3.63, 3.8) is 0 Å². The normalized spacial score (nSPS) is 20.6. The molecule has 0 bridgehead atoms. The molecule has 0 spiro atoms. The number of hydrogen-bond acceptors (Lipinski definition) is 4. The number of aromatic nitrogens is 1. The predicted octanol–water partition coefficient (Wildman–Crippen LogP) is 4.26. The highest BCUT2D eigenvalue weighted by atomic mass is 16.5. The maximum absolute atomic E-state index is 11.0. The van der Waals surface area contributed by atoms with Crippen LogP contribution in [-0.2, 0) is 6.42 Å². The molecule has 0 unspecified atom stereocenters. The van der Waals surface area contributed by atoms with Crippen molar-refractivity contribution in [2.75, 3.05) is 6.54 Å². The number of hydrogen-bond donors (Lipinski definition) is 2. The minimum absolute atomic E-state index is 0.199. The van der Waals surface area contributed by atoms with E-state index in [0.717, 1.165) is 35.2 Å². The monoisotopic (exact) mass is 376 g/mol. The van der Waals surface area contributed by atoms with Crippen LogP contribution in [0, 0.1) is 13.8 Å². The summed E-state index contributed by atoms with van der Waals surface area (Å²) in [4.78, 5) is 4.61. The van der Waals surface area contributed by atoms with E-state index in [9.17, 15) is 5.11 Å². The predicted molar refractivity (Wildman–Crippen MR) is 113 cm³/mol. The summed E-state index contributed by atoms with van der Waals surface area (Å²) in [7, 11) is 0. The van der Waals surface area contributed by atoms with Crippen LogP contribution in [0.4, 0.5) is 0 Å². The van der Waals surface area contributed by atoms with Gasteiger partial charge < -0.3 is 15.2 Å². The molecule has 1 aromatic heterocycles. The number of ether oxygens (including phenoxy) is 1. The summed E-state index contributed by atoms with van der Waals surface area (Å²) >= 11 is 0. The second-order valence-corrected chi connectivity index (χ2v) is 8.29. The summed E-state index contributed by atoms with van der Waals surface area (Å²) in [5.41, 5.74) is 4.91. The quantitative estimate of drug-likeness (QED) is 0.714. The molecule has 4 rings (SSSR count). The van der Waals surface area contributed by atoms with Crippen LogP contribution in [0.25, 0.3) is 10.9 Å². The van der Waals surface area contributed by atoms with Crippen molar-refractivity contribution in [1.82, 2.24) is 10.3 Å². The van der Waals surface area contributed by atoms with Crippen molar-refractivity contribution in [2.45, 2.75) is 51.9 Å². The number of nitrogens with zero attached hydrogens (tertiary/aromatic N) is 1. The fraction of sp³-hybridized carbons (Fsp3) is 0.375. The van der Waals surface area contributed by atoms with Crippen LogP contribution in [0.5, 0.6) is 5.75 Å². The third-order valence-corrected chi connectivity index (χ3v) is 5.88. The van der Waals surface area contributed by atoms with Gasteiger partial charge in [-0.25, -0.2) is 0 Å². The Kier molecular flexibility index (Phi) is 4.86. The second-order valence-electron chi connectivity index (χ2n) is 8.29. The zero-order valence-corrected chi connectivity index (χ0v) is 17.0. The first-order valence-electron chi connectivity index (χ1n) is 9.91. The topological polar surface area (TPSA) is 54.4 Å².